The van der Waals surface area contributed by atoms with Gasteiger partial charge in [-0.1, -0.05) is 30.3 Å². The second kappa shape index (κ2) is 6.90. The van der Waals surface area contributed by atoms with E-state index >= 15 is 0 Å². The van der Waals surface area contributed by atoms with E-state index in [1.54, 1.807) is 0 Å². The number of nitrogens with one attached hydrogen (secondary N) is 3. The van der Waals surface area contributed by atoms with Crippen molar-refractivity contribution in [3.8, 4) is 0 Å². The number of aromatic amines is 1. The Morgan fingerprint density at radius 2 is 1.90 bits per heavy atom. The molecule has 4 heteroatoms. The van der Waals surface area contributed by atoms with E-state index in [1.165, 1.54) is 5.56 Å². The summed E-state index contributed by atoms with van der Waals surface area (Å²) < 4.78 is 0. The average Bonchev–Trinajstić information content (AvgIpc) is 2.99. The van der Waals surface area contributed by atoms with E-state index in [4.69, 9.17) is 0 Å². The Bertz CT molecular complexity index is 675. The molecule has 4 nitrogen and oxygen atoms in total. The molecule has 2 aromatic carbocycles. The van der Waals surface area contributed by atoms with Crippen LogP contribution in [0, 0.1) is 0 Å². The van der Waals surface area contributed by atoms with E-state index in [1.807, 2.05) is 12.3 Å². The lowest BCUT2D eigenvalue weighted by Gasteiger charge is -2.07. The Balaban J connectivity index is 1.36. The Labute approximate surface area is 124 Å². The van der Waals surface area contributed by atoms with Crippen LogP contribution in [0.2, 0.25) is 0 Å². The smallest absolute Gasteiger partial charge is 0.0651 e. The maximum Gasteiger partial charge on any atom is 0.0651 e. The highest BCUT2D eigenvalue weighted by atomic mass is 15.1. The van der Waals surface area contributed by atoms with Gasteiger partial charge in [0.2, 0.25) is 0 Å². The van der Waals surface area contributed by atoms with Crippen LogP contribution >= 0.6 is 0 Å². The number of H-pyrrole nitrogens is 1. The predicted molar refractivity (Wildman–Crippen MR) is 87.3 cm³/mol. The topological polar surface area (TPSA) is 52.7 Å². The third-order valence-electron chi connectivity index (χ3n) is 3.47. The fraction of sp³-hybridized carbons (Fsp3) is 0.235. The van der Waals surface area contributed by atoms with Crippen LogP contribution < -0.4 is 10.6 Å². The van der Waals surface area contributed by atoms with Gasteiger partial charge in [-0.25, -0.2) is 0 Å². The van der Waals surface area contributed by atoms with Gasteiger partial charge in [0.05, 0.1) is 11.7 Å². The van der Waals surface area contributed by atoms with Crippen molar-refractivity contribution in [2.24, 2.45) is 0 Å². The average molecular weight is 280 g/mol. The Morgan fingerprint density at radius 1 is 1.00 bits per heavy atom. The molecule has 0 aliphatic heterocycles. The van der Waals surface area contributed by atoms with Crippen LogP contribution in [-0.2, 0) is 6.54 Å². The highest BCUT2D eigenvalue weighted by molar-refractivity contribution is 5.81. The van der Waals surface area contributed by atoms with Gasteiger partial charge in [-0.05, 0) is 36.7 Å². The van der Waals surface area contributed by atoms with Crippen molar-refractivity contribution in [2.45, 2.75) is 13.0 Å². The number of aromatic nitrogens is 2. The highest BCUT2D eigenvalue weighted by Crippen LogP contribution is 2.16. The lowest BCUT2D eigenvalue weighted by atomic mass is 10.2. The maximum absolute atomic E-state index is 4.03. The van der Waals surface area contributed by atoms with Gasteiger partial charge < -0.3 is 10.6 Å². The molecule has 3 rings (SSSR count). The van der Waals surface area contributed by atoms with Crippen molar-refractivity contribution < 1.29 is 0 Å². The summed E-state index contributed by atoms with van der Waals surface area (Å²) in [7, 11) is 0. The number of fused-ring (bicyclic) bond motifs is 1. The zero-order chi connectivity index (χ0) is 14.3. The van der Waals surface area contributed by atoms with Gasteiger partial charge >= 0.3 is 0 Å². The van der Waals surface area contributed by atoms with Crippen molar-refractivity contribution in [1.29, 1.82) is 0 Å². The summed E-state index contributed by atoms with van der Waals surface area (Å²) in [4.78, 5) is 0. The number of benzene rings is 2. The van der Waals surface area contributed by atoms with Crippen molar-refractivity contribution in [2.75, 3.05) is 18.4 Å². The summed E-state index contributed by atoms with van der Waals surface area (Å²) >= 11 is 0. The molecule has 1 aromatic heterocycles. The van der Waals surface area contributed by atoms with Crippen LogP contribution in [0.3, 0.4) is 0 Å². The molecule has 0 atom stereocenters. The fourth-order valence-corrected chi connectivity index (χ4v) is 2.33. The summed E-state index contributed by atoms with van der Waals surface area (Å²) in [5.41, 5.74) is 3.55. The van der Waals surface area contributed by atoms with Crippen LogP contribution in [0.15, 0.2) is 54.7 Å². The highest BCUT2D eigenvalue weighted by Gasteiger charge is 1.97. The van der Waals surface area contributed by atoms with Crippen LogP contribution in [0.4, 0.5) is 5.69 Å². The van der Waals surface area contributed by atoms with Gasteiger partial charge in [0.15, 0.2) is 0 Å². The lowest BCUT2D eigenvalue weighted by molar-refractivity contribution is 0.663. The molecule has 0 radical (unpaired) electrons. The first kappa shape index (κ1) is 13.6. The van der Waals surface area contributed by atoms with Gasteiger partial charge in [-0.15, -0.1) is 0 Å². The molecule has 0 fully saturated rings. The van der Waals surface area contributed by atoms with Crippen molar-refractivity contribution >= 4 is 16.6 Å². The fourth-order valence-electron chi connectivity index (χ4n) is 2.33. The van der Waals surface area contributed by atoms with Gasteiger partial charge in [0.25, 0.3) is 0 Å². The molecule has 1 heterocycles. The van der Waals surface area contributed by atoms with Crippen LogP contribution in [-0.4, -0.2) is 23.3 Å². The molecule has 21 heavy (non-hydrogen) atoms. The number of hydrogen-bond acceptors (Lipinski definition) is 3. The third-order valence-corrected chi connectivity index (χ3v) is 3.47. The van der Waals surface area contributed by atoms with Crippen LogP contribution in [0.1, 0.15) is 12.0 Å². The molecule has 0 spiro atoms. The molecule has 0 aliphatic rings. The Kier molecular flexibility index (Phi) is 4.49. The molecular formula is C17H20N4. The summed E-state index contributed by atoms with van der Waals surface area (Å²) in [6.07, 6.45) is 2.94. The summed E-state index contributed by atoms with van der Waals surface area (Å²) in [6, 6.07) is 16.7. The van der Waals surface area contributed by atoms with E-state index in [-0.39, 0.29) is 0 Å². The minimum Gasteiger partial charge on any atom is -0.385 e. The maximum atomic E-state index is 4.03. The Hall–Kier alpha value is -2.33. The van der Waals surface area contributed by atoms with Gasteiger partial charge in [-0.2, -0.15) is 5.10 Å². The largest absolute Gasteiger partial charge is 0.385 e. The van der Waals surface area contributed by atoms with Crippen molar-refractivity contribution in [3.63, 3.8) is 0 Å². The normalized spacial score (nSPS) is 10.9. The number of anilines is 1. The Morgan fingerprint density at radius 3 is 2.81 bits per heavy atom. The first-order valence-electron chi connectivity index (χ1n) is 7.33. The zero-order valence-electron chi connectivity index (χ0n) is 12.0. The minimum absolute atomic E-state index is 0.932. The zero-order valence-corrected chi connectivity index (χ0v) is 12.0. The summed E-state index contributed by atoms with van der Waals surface area (Å²) in [6.45, 7) is 2.91. The first-order chi connectivity index (χ1) is 10.4. The van der Waals surface area contributed by atoms with Crippen LogP contribution in [0.5, 0.6) is 0 Å². The number of nitrogens with zero attached hydrogens (tertiary/aromatic N) is 1. The van der Waals surface area contributed by atoms with Crippen LogP contribution in [0.25, 0.3) is 10.9 Å². The van der Waals surface area contributed by atoms with E-state index < -0.39 is 0 Å². The van der Waals surface area contributed by atoms with Gasteiger partial charge in [-0.3, -0.25) is 5.10 Å². The first-order valence-corrected chi connectivity index (χ1v) is 7.33. The molecule has 0 unspecified atom stereocenters. The molecule has 0 amide bonds. The van der Waals surface area contributed by atoms with E-state index in [9.17, 15) is 0 Å². The standard InChI is InChI=1S/C17H20N4/c1-2-5-14(6-3-1)12-18-9-4-10-19-16-7-8-17-15(11-16)13-20-21-17/h1-3,5-8,11,13,18-19H,4,9-10,12H2,(H,20,21). The molecule has 3 aromatic rings. The third kappa shape index (κ3) is 3.83. The van der Waals surface area contributed by atoms with E-state index in [2.05, 4.69) is 63.3 Å². The predicted octanol–water partition coefficient (Wildman–Crippen LogP) is 3.15. The van der Waals surface area contributed by atoms with Gasteiger partial charge in [0, 0.05) is 24.2 Å². The number of hydrogen-bond donors (Lipinski definition) is 3. The minimum atomic E-state index is 0.932. The molecule has 0 saturated carbocycles. The molecule has 0 aliphatic carbocycles. The van der Waals surface area contributed by atoms with E-state index in [0.717, 1.165) is 42.6 Å². The lowest BCUT2D eigenvalue weighted by Crippen LogP contribution is -2.17. The molecule has 108 valence electrons. The molecule has 0 saturated heterocycles. The van der Waals surface area contributed by atoms with Crippen molar-refractivity contribution in [1.82, 2.24) is 15.5 Å². The van der Waals surface area contributed by atoms with E-state index in [0.29, 0.717) is 0 Å². The molecule has 0 bridgehead atoms. The van der Waals surface area contributed by atoms with Crippen molar-refractivity contribution in [3.05, 3.63) is 60.3 Å². The van der Waals surface area contributed by atoms with Gasteiger partial charge in [0.1, 0.15) is 0 Å². The SMILES string of the molecule is c1ccc(CNCCCNc2ccc3[nH]ncc3c2)cc1. The quantitative estimate of drug-likeness (QED) is 0.583. The molecule has 3 N–H and O–H groups in total. The monoisotopic (exact) mass is 280 g/mol. The second-order valence-electron chi connectivity index (χ2n) is 5.11. The number of rotatable bonds is 7. The second-order valence-corrected chi connectivity index (χ2v) is 5.11. The summed E-state index contributed by atoms with van der Waals surface area (Å²) in [5, 5.41) is 15.0. The molecular weight excluding hydrogens is 260 g/mol. The summed E-state index contributed by atoms with van der Waals surface area (Å²) in [5.74, 6) is 0.